The van der Waals surface area contributed by atoms with Crippen molar-refractivity contribution in [3.05, 3.63) is 94.5 Å². The molecule has 0 radical (unpaired) electrons. The summed E-state index contributed by atoms with van der Waals surface area (Å²) in [5, 5.41) is 13.5. The van der Waals surface area contributed by atoms with Crippen molar-refractivity contribution in [1.29, 1.82) is 0 Å². The van der Waals surface area contributed by atoms with Crippen LogP contribution in [0.4, 0.5) is 17.1 Å². The van der Waals surface area contributed by atoms with Gasteiger partial charge in [-0.05, 0) is 36.8 Å². The van der Waals surface area contributed by atoms with Crippen LogP contribution in [-0.2, 0) is 14.8 Å². The summed E-state index contributed by atoms with van der Waals surface area (Å²) < 4.78 is 27.6. The minimum absolute atomic E-state index is 0.0522. The molecule has 3 aromatic rings. The highest BCUT2D eigenvalue weighted by atomic mass is 32.2. The third kappa shape index (κ3) is 4.64. The van der Waals surface area contributed by atoms with E-state index in [0.29, 0.717) is 11.3 Å². The Morgan fingerprint density at radius 1 is 1.00 bits per heavy atom. The van der Waals surface area contributed by atoms with E-state index in [1.165, 1.54) is 36.4 Å². The smallest absolute Gasteiger partial charge is 0.271 e. The Kier molecular flexibility index (Phi) is 6.12. The van der Waals surface area contributed by atoms with Crippen LogP contribution >= 0.6 is 0 Å². The molecule has 0 aliphatic heterocycles. The van der Waals surface area contributed by atoms with Crippen LogP contribution in [0.3, 0.4) is 0 Å². The van der Waals surface area contributed by atoms with Gasteiger partial charge in [-0.25, -0.2) is 8.42 Å². The Labute approximate surface area is 174 Å². The highest BCUT2D eigenvalue weighted by Gasteiger charge is 2.28. The third-order valence-corrected chi connectivity index (χ3v) is 6.12. The van der Waals surface area contributed by atoms with Gasteiger partial charge in [0.2, 0.25) is 5.91 Å². The highest BCUT2D eigenvalue weighted by molar-refractivity contribution is 7.92. The van der Waals surface area contributed by atoms with Gasteiger partial charge < -0.3 is 5.32 Å². The van der Waals surface area contributed by atoms with E-state index in [9.17, 15) is 23.3 Å². The van der Waals surface area contributed by atoms with E-state index in [-0.39, 0.29) is 16.3 Å². The zero-order valence-electron chi connectivity index (χ0n) is 16.1. The Morgan fingerprint density at radius 3 is 2.33 bits per heavy atom. The number of carbonyl (C=O) groups excluding carboxylic acids is 1. The molecule has 0 bridgehead atoms. The topological polar surface area (TPSA) is 110 Å². The number of nitro benzene ring substituents is 1. The Hall–Kier alpha value is -3.72. The van der Waals surface area contributed by atoms with Gasteiger partial charge in [-0.1, -0.05) is 42.5 Å². The molecule has 1 N–H and O–H groups in total. The lowest BCUT2D eigenvalue weighted by atomic mass is 10.2. The molecule has 0 aliphatic rings. The number of carbonyl (C=O) groups is 1. The van der Waals surface area contributed by atoms with Crippen molar-refractivity contribution in [3.63, 3.8) is 0 Å². The maximum atomic E-state index is 13.3. The van der Waals surface area contributed by atoms with Crippen LogP contribution in [0.2, 0.25) is 0 Å². The Bertz CT molecular complexity index is 1180. The number of non-ortho nitro benzene ring substituents is 1. The predicted octanol–water partition coefficient (Wildman–Crippen LogP) is 3.74. The fraction of sp³-hybridized carbons (Fsp3) is 0.0952. The van der Waals surface area contributed by atoms with Crippen LogP contribution in [-0.4, -0.2) is 25.8 Å². The van der Waals surface area contributed by atoms with E-state index in [0.717, 1.165) is 4.31 Å². The fourth-order valence-electron chi connectivity index (χ4n) is 2.89. The molecule has 0 aliphatic carbocycles. The van der Waals surface area contributed by atoms with Crippen LogP contribution < -0.4 is 9.62 Å². The molecule has 1 amide bonds. The summed E-state index contributed by atoms with van der Waals surface area (Å²) in [6.45, 7) is 1.26. The van der Waals surface area contributed by atoms with Crippen molar-refractivity contribution in [2.75, 3.05) is 16.2 Å². The van der Waals surface area contributed by atoms with Gasteiger partial charge in [0.15, 0.2) is 0 Å². The average Bonchev–Trinajstić information content (AvgIpc) is 2.73. The molecule has 0 heterocycles. The van der Waals surface area contributed by atoms with Gasteiger partial charge in [0.1, 0.15) is 6.54 Å². The first kappa shape index (κ1) is 21.0. The van der Waals surface area contributed by atoms with Crippen molar-refractivity contribution in [2.45, 2.75) is 11.8 Å². The maximum Gasteiger partial charge on any atom is 0.271 e. The number of nitrogens with one attached hydrogen (secondary N) is 1. The van der Waals surface area contributed by atoms with Gasteiger partial charge in [-0.2, -0.15) is 0 Å². The maximum absolute atomic E-state index is 13.3. The molecule has 8 nitrogen and oxygen atoms in total. The second-order valence-corrected chi connectivity index (χ2v) is 8.33. The van der Waals surface area contributed by atoms with Crippen LogP contribution in [0.15, 0.2) is 83.8 Å². The molecule has 0 saturated carbocycles. The molecular formula is C21H19N3O5S. The second-order valence-electron chi connectivity index (χ2n) is 6.47. The van der Waals surface area contributed by atoms with Crippen molar-refractivity contribution in [3.8, 4) is 0 Å². The molecule has 0 unspecified atom stereocenters. The number of hydrogen-bond donors (Lipinski definition) is 1. The van der Waals surface area contributed by atoms with E-state index < -0.39 is 27.4 Å². The first-order valence-corrected chi connectivity index (χ1v) is 10.4. The van der Waals surface area contributed by atoms with E-state index in [1.807, 2.05) is 0 Å². The second kappa shape index (κ2) is 8.75. The summed E-state index contributed by atoms with van der Waals surface area (Å²) in [4.78, 5) is 23.1. The van der Waals surface area contributed by atoms with E-state index >= 15 is 0 Å². The fourth-order valence-corrected chi connectivity index (χ4v) is 4.40. The van der Waals surface area contributed by atoms with E-state index in [4.69, 9.17) is 0 Å². The summed E-state index contributed by atoms with van der Waals surface area (Å²) in [6, 6.07) is 20.1. The lowest BCUT2D eigenvalue weighted by Gasteiger charge is -2.25. The highest BCUT2D eigenvalue weighted by Crippen LogP contribution is 2.27. The molecule has 154 valence electrons. The average molecular weight is 425 g/mol. The largest absolute Gasteiger partial charge is 0.324 e. The summed E-state index contributed by atoms with van der Waals surface area (Å²) >= 11 is 0. The van der Waals surface area contributed by atoms with Crippen LogP contribution in [0.25, 0.3) is 0 Å². The molecule has 0 spiro atoms. The minimum atomic E-state index is -4.02. The van der Waals surface area contributed by atoms with Gasteiger partial charge in [-0.3, -0.25) is 19.2 Å². The van der Waals surface area contributed by atoms with Gasteiger partial charge >= 0.3 is 0 Å². The zero-order valence-corrected chi connectivity index (χ0v) is 16.9. The monoisotopic (exact) mass is 425 g/mol. The van der Waals surface area contributed by atoms with Crippen LogP contribution in [0.5, 0.6) is 0 Å². The summed E-state index contributed by atoms with van der Waals surface area (Å²) in [6.07, 6.45) is 0. The number of rotatable bonds is 7. The standard InChI is InChI=1S/C21H19N3O5S/c1-16-8-5-6-13-20(16)23(30(28,29)19-11-3-2-4-12-19)15-21(25)22-17-9-7-10-18(14-17)24(26)27/h2-14H,15H2,1H3,(H,22,25). The number of nitro groups is 1. The number of para-hydroxylation sites is 1. The minimum Gasteiger partial charge on any atom is -0.324 e. The van der Waals surface area contributed by atoms with Gasteiger partial charge in [0, 0.05) is 17.8 Å². The SMILES string of the molecule is Cc1ccccc1N(CC(=O)Nc1cccc([N+](=O)[O-])c1)S(=O)(=O)c1ccccc1. The first-order chi connectivity index (χ1) is 14.3. The number of nitrogens with zero attached hydrogens (tertiary/aromatic N) is 2. The number of amides is 1. The molecule has 0 saturated heterocycles. The summed E-state index contributed by atoms with van der Waals surface area (Å²) in [5.41, 5.74) is 1.08. The first-order valence-electron chi connectivity index (χ1n) is 8.97. The number of anilines is 2. The molecular weight excluding hydrogens is 406 g/mol. The summed E-state index contributed by atoms with van der Waals surface area (Å²) in [5.74, 6) is -0.627. The van der Waals surface area contributed by atoms with E-state index in [1.54, 1.807) is 49.4 Å². The third-order valence-electron chi connectivity index (χ3n) is 4.34. The molecule has 0 aromatic heterocycles. The Balaban J connectivity index is 1.94. The van der Waals surface area contributed by atoms with Crippen molar-refractivity contribution in [2.24, 2.45) is 0 Å². The molecule has 0 atom stereocenters. The quantitative estimate of drug-likeness (QED) is 0.458. The lowest BCUT2D eigenvalue weighted by molar-refractivity contribution is -0.384. The van der Waals surface area contributed by atoms with Gasteiger partial charge in [-0.15, -0.1) is 0 Å². The van der Waals surface area contributed by atoms with Crippen LogP contribution in [0, 0.1) is 17.0 Å². The Morgan fingerprint density at radius 2 is 1.67 bits per heavy atom. The normalized spacial score (nSPS) is 11.0. The van der Waals surface area contributed by atoms with Crippen molar-refractivity contribution < 1.29 is 18.1 Å². The molecule has 0 fully saturated rings. The van der Waals surface area contributed by atoms with Gasteiger partial charge in [0.05, 0.1) is 15.5 Å². The number of aryl methyl sites for hydroxylation is 1. The number of benzene rings is 3. The molecule has 30 heavy (non-hydrogen) atoms. The lowest BCUT2D eigenvalue weighted by Crippen LogP contribution is -2.38. The summed E-state index contributed by atoms with van der Waals surface area (Å²) in [7, 11) is -4.02. The molecule has 3 aromatic carbocycles. The molecule has 9 heteroatoms. The number of sulfonamides is 1. The predicted molar refractivity (Wildman–Crippen MR) is 114 cm³/mol. The van der Waals surface area contributed by atoms with Crippen LogP contribution in [0.1, 0.15) is 5.56 Å². The number of hydrogen-bond acceptors (Lipinski definition) is 5. The van der Waals surface area contributed by atoms with Crippen molar-refractivity contribution >= 4 is 33.0 Å². The van der Waals surface area contributed by atoms with Crippen molar-refractivity contribution in [1.82, 2.24) is 0 Å². The zero-order chi connectivity index (χ0) is 21.7. The van der Waals surface area contributed by atoms with Gasteiger partial charge in [0.25, 0.3) is 15.7 Å². The van der Waals surface area contributed by atoms with E-state index in [2.05, 4.69) is 5.32 Å². The molecule has 3 rings (SSSR count).